The fraction of sp³-hybridized carbons (Fsp3) is 1.00. The molecule has 16 heavy (non-hydrogen) atoms. The monoisotopic (exact) mass is 240 g/mol. The molecule has 0 spiro atoms. The predicted molar refractivity (Wildman–Crippen MR) is 72.0 cm³/mol. The molecule has 0 aromatic rings. The molecular weight excluding hydrogens is 211 g/mol. The van der Waals surface area contributed by atoms with Crippen molar-refractivity contribution in [3.63, 3.8) is 0 Å². The van der Waals surface area contributed by atoms with E-state index in [4.69, 9.17) is 0 Å². The summed E-state index contributed by atoms with van der Waals surface area (Å²) in [5.74, 6) is 0.542. The fourth-order valence-corrected chi connectivity index (χ4v) is 3.70. The van der Waals surface area contributed by atoms with Gasteiger partial charge in [-0.05, 0) is 0 Å². The van der Waals surface area contributed by atoms with Gasteiger partial charge in [0.05, 0.1) is 0 Å². The number of rotatable bonds is 7. The maximum Gasteiger partial charge on any atom is -0.0517 e. The van der Waals surface area contributed by atoms with Crippen LogP contribution in [0.1, 0.15) is 65.2 Å². The van der Waals surface area contributed by atoms with Crippen LogP contribution in [-0.4, -0.2) is 21.8 Å². The van der Waals surface area contributed by atoms with Crippen LogP contribution in [0.5, 0.6) is 0 Å². The van der Waals surface area contributed by atoms with E-state index in [9.17, 15) is 5.11 Å². The molecule has 0 saturated heterocycles. The summed E-state index contributed by atoms with van der Waals surface area (Å²) in [5.41, 5.74) is 0. The van der Waals surface area contributed by atoms with Gasteiger partial charge in [0.25, 0.3) is 0 Å². The second kappa shape index (κ2) is 13.6. The summed E-state index contributed by atoms with van der Waals surface area (Å²) in [4.78, 5) is 0. The molecule has 0 unspecified atom stereocenters. The number of unbranched alkanes of at least 4 members (excludes halogenated alkanes) is 2. The molecule has 1 saturated carbocycles. The van der Waals surface area contributed by atoms with Crippen molar-refractivity contribution in [2.45, 2.75) is 75.8 Å². The van der Waals surface area contributed by atoms with E-state index in [-0.39, 0.29) is 6.61 Å². The third-order valence-electron chi connectivity index (χ3n) is 3.23. The molecule has 94 valence electrons. The molecule has 0 bridgehead atoms. The Bertz CT molecular complexity index is 116. The zero-order valence-corrected chi connectivity index (χ0v) is 12.5. The Morgan fingerprint density at radius 1 is 1.00 bits per heavy atom. The van der Waals surface area contributed by atoms with Gasteiger partial charge >= 0.3 is 65.3 Å². The zero-order chi connectivity index (χ0) is 12.1. The van der Waals surface area contributed by atoms with Crippen LogP contribution in [0.4, 0.5) is 0 Å². The summed E-state index contributed by atoms with van der Waals surface area (Å²) in [7, 11) is 0. The van der Waals surface area contributed by atoms with E-state index in [0.29, 0.717) is 5.92 Å². The third-order valence-corrected chi connectivity index (χ3v) is 4.87. The molecule has 1 aliphatic rings. The Hall–Kier alpha value is 0.492. The minimum Gasteiger partial charge on any atom is -0.854 e. The average Bonchev–Trinajstić information content (AvgIpc) is 2.83. The second-order valence-corrected chi connectivity index (χ2v) is 6.62. The molecule has 1 fully saturated rings. The first kappa shape index (κ1) is 16.5. The van der Waals surface area contributed by atoms with Gasteiger partial charge in [-0.25, -0.2) is 0 Å². The van der Waals surface area contributed by atoms with E-state index < -0.39 is 0 Å². The van der Waals surface area contributed by atoms with Crippen LogP contribution < -0.4 is 5.11 Å². The molecule has 0 aliphatic heterocycles. The summed E-state index contributed by atoms with van der Waals surface area (Å²) in [6.07, 6.45) is 10.7. The van der Waals surface area contributed by atoms with Gasteiger partial charge in [0.1, 0.15) is 0 Å². The Kier molecular flexibility index (Phi) is 14.0. The first-order valence-electron chi connectivity index (χ1n) is 7.24. The van der Waals surface area contributed by atoms with Crippen molar-refractivity contribution in [1.82, 2.24) is 0 Å². The minimum atomic E-state index is 0.167. The Labute approximate surface area is 109 Å². The normalized spacial score (nSPS) is 15.4. The minimum absolute atomic E-state index is 0.167. The molecule has 0 atom stereocenters. The van der Waals surface area contributed by atoms with Crippen molar-refractivity contribution in [3.8, 4) is 0 Å². The van der Waals surface area contributed by atoms with Gasteiger partial charge in [0.15, 0.2) is 0 Å². The van der Waals surface area contributed by atoms with Crippen molar-refractivity contribution in [2.24, 2.45) is 5.92 Å². The molecule has 0 amide bonds. The molecule has 0 N–H and O–H groups in total. The van der Waals surface area contributed by atoms with Crippen LogP contribution >= 0.6 is 0 Å². The molecule has 2 heteroatoms. The van der Waals surface area contributed by atoms with E-state index >= 15 is 0 Å². The zero-order valence-electron chi connectivity index (χ0n) is 11.3. The molecule has 1 nitrogen and oxygen atoms in total. The van der Waals surface area contributed by atoms with Gasteiger partial charge < -0.3 is 5.11 Å². The maximum absolute atomic E-state index is 10.1. The number of hydrogen-bond donors (Lipinski definition) is 0. The van der Waals surface area contributed by atoms with Crippen LogP contribution in [0.15, 0.2) is 0 Å². The Morgan fingerprint density at radius 2 is 1.50 bits per heavy atom. The fourth-order valence-electron chi connectivity index (χ4n) is 2.02. The topological polar surface area (TPSA) is 23.1 Å². The van der Waals surface area contributed by atoms with Crippen molar-refractivity contribution < 1.29 is 5.11 Å². The van der Waals surface area contributed by atoms with Crippen LogP contribution in [0.2, 0.25) is 10.6 Å². The standard InChI is InChI=1S/C6H11O.2C4H9.Al/c7-5-6-3-1-2-4-6;2*1-3-4-2;/h6H,1-5H2;2*1,3-4H2,2H3;/q-1;;;+1. The number of hydrogen-bond acceptors (Lipinski definition) is 1. The maximum atomic E-state index is 10.1. The molecular formula is C14H29AlO. The predicted octanol–water partition coefficient (Wildman–Crippen LogP) is 3.66. The van der Waals surface area contributed by atoms with E-state index in [2.05, 4.69) is 13.8 Å². The summed E-state index contributed by atoms with van der Waals surface area (Å²) in [6.45, 7) is 4.72. The van der Waals surface area contributed by atoms with E-state index in [1.54, 1.807) is 0 Å². The molecule has 0 aromatic heterocycles. The third kappa shape index (κ3) is 11.0. The van der Waals surface area contributed by atoms with E-state index in [1.165, 1.54) is 61.9 Å². The van der Waals surface area contributed by atoms with Gasteiger partial charge in [-0.1, -0.05) is 31.6 Å². The van der Waals surface area contributed by atoms with Crippen molar-refractivity contribution in [1.29, 1.82) is 0 Å². The van der Waals surface area contributed by atoms with E-state index in [1.807, 2.05) is 0 Å². The van der Waals surface area contributed by atoms with Gasteiger partial charge in [-0.3, -0.25) is 0 Å². The van der Waals surface area contributed by atoms with Crippen LogP contribution in [0.3, 0.4) is 0 Å². The smallest absolute Gasteiger partial charge is 0.0517 e. The second-order valence-electron chi connectivity index (χ2n) is 4.89. The SMILES string of the molecule is CCC[CH2][Al+][CH2]CCC.[O-]CC1CCCC1. The average molecular weight is 240 g/mol. The summed E-state index contributed by atoms with van der Waals surface area (Å²) >= 11 is 0.818. The molecule has 0 aromatic carbocycles. The van der Waals surface area contributed by atoms with Gasteiger partial charge in [0, 0.05) is 0 Å². The van der Waals surface area contributed by atoms with Crippen molar-refractivity contribution >= 4 is 15.2 Å². The van der Waals surface area contributed by atoms with Crippen LogP contribution in [-0.2, 0) is 0 Å². The first-order chi connectivity index (χ1) is 7.85. The molecule has 1 aliphatic carbocycles. The largest absolute Gasteiger partial charge is 0.854 e. The Morgan fingerprint density at radius 3 is 1.81 bits per heavy atom. The Balaban J connectivity index is 0.000000288. The van der Waals surface area contributed by atoms with Crippen LogP contribution in [0.25, 0.3) is 0 Å². The van der Waals surface area contributed by atoms with Gasteiger partial charge in [-0.2, -0.15) is 0 Å². The molecule has 0 heterocycles. The quantitative estimate of drug-likeness (QED) is 0.492. The molecule has 0 radical (unpaired) electrons. The van der Waals surface area contributed by atoms with Crippen LogP contribution in [0, 0.1) is 5.92 Å². The molecule has 1 rings (SSSR count). The van der Waals surface area contributed by atoms with Gasteiger partial charge in [0.2, 0.25) is 0 Å². The summed E-state index contributed by atoms with van der Waals surface area (Å²) in [6, 6.07) is 0. The van der Waals surface area contributed by atoms with Crippen molar-refractivity contribution in [3.05, 3.63) is 0 Å². The van der Waals surface area contributed by atoms with Crippen molar-refractivity contribution in [2.75, 3.05) is 6.61 Å². The summed E-state index contributed by atoms with van der Waals surface area (Å²) in [5, 5.41) is 13.2. The van der Waals surface area contributed by atoms with Gasteiger partial charge in [-0.15, -0.1) is 6.61 Å². The summed E-state index contributed by atoms with van der Waals surface area (Å²) < 4.78 is 0. The first-order valence-corrected chi connectivity index (χ1v) is 8.88. The van der Waals surface area contributed by atoms with E-state index in [0.717, 1.165) is 15.2 Å².